The fraction of sp³-hybridized carbons (Fsp3) is 0.0909. The fourth-order valence-electron chi connectivity index (χ4n) is 2.58. The van der Waals surface area contributed by atoms with Crippen molar-refractivity contribution in [2.75, 3.05) is 0 Å². The van der Waals surface area contributed by atoms with Crippen LogP contribution in [-0.2, 0) is 0 Å². The first-order valence-electron chi connectivity index (χ1n) is 8.16. The normalized spacial score (nSPS) is 12.9. The molecule has 0 bridgehead atoms. The van der Waals surface area contributed by atoms with Crippen LogP contribution in [0.25, 0.3) is 22.2 Å². The largest absolute Gasteiger partial charge is 0.384 e. The van der Waals surface area contributed by atoms with E-state index < -0.39 is 6.10 Å². The highest BCUT2D eigenvalue weighted by Gasteiger charge is 2.11. The molecule has 0 aliphatic heterocycles. The van der Waals surface area contributed by atoms with Crippen LogP contribution in [0, 0.1) is 0 Å². The van der Waals surface area contributed by atoms with Crippen molar-refractivity contribution in [3.63, 3.8) is 0 Å². The number of aliphatic hydroxyl groups is 1. The molecule has 1 aromatic heterocycles. The lowest BCUT2D eigenvalue weighted by Crippen LogP contribution is -2.02. The summed E-state index contributed by atoms with van der Waals surface area (Å²) in [4.78, 5) is 8.81. The van der Waals surface area contributed by atoms with Gasteiger partial charge in [-0.15, -0.1) is 0 Å². The maximum atomic E-state index is 10.5. The van der Waals surface area contributed by atoms with Crippen LogP contribution in [0.3, 0.4) is 0 Å². The lowest BCUT2D eigenvalue weighted by molar-refractivity contribution is 0.223. The van der Waals surface area contributed by atoms with Crippen molar-refractivity contribution in [2.45, 2.75) is 13.0 Å². The zero-order valence-electron chi connectivity index (χ0n) is 14.1. The van der Waals surface area contributed by atoms with Crippen LogP contribution in [0.5, 0.6) is 0 Å². The van der Waals surface area contributed by atoms with Crippen molar-refractivity contribution in [2.24, 2.45) is 4.99 Å². The van der Waals surface area contributed by atoms with Gasteiger partial charge >= 0.3 is 0 Å². The monoisotopic (exact) mass is 328 g/mol. The highest BCUT2D eigenvalue weighted by Crippen LogP contribution is 2.25. The summed E-state index contributed by atoms with van der Waals surface area (Å²) in [6, 6.07) is 19.9. The second-order valence-corrected chi connectivity index (χ2v) is 5.75. The van der Waals surface area contributed by atoms with Crippen LogP contribution in [0.1, 0.15) is 18.6 Å². The van der Waals surface area contributed by atoms with Gasteiger partial charge in [0, 0.05) is 23.4 Å². The minimum Gasteiger partial charge on any atom is -0.384 e. The number of pyridine rings is 1. The van der Waals surface area contributed by atoms with Gasteiger partial charge in [-0.2, -0.15) is 0 Å². The zero-order valence-corrected chi connectivity index (χ0v) is 14.1. The second-order valence-electron chi connectivity index (χ2n) is 5.75. The molecule has 1 atom stereocenters. The molecular formula is C22H20N2O. The second kappa shape index (κ2) is 7.69. The Hall–Kier alpha value is -3.04. The molecule has 3 aromatic rings. The zero-order chi connectivity index (χ0) is 17.6. The maximum absolute atomic E-state index is 10.5. The van der Waals surface area contributed by atoms with Crippen molar-refractivity contribution >= 4 is 17.1 Å². The average molecular weight is 328 g/mol. The molecule has 1 N–H and O–H groups in total. The number of aliphatic hydroxyl groups excluding tert-OH is 1. The predicted octanol–water partition coefficient (Wildman–Crippen LogP) is 5.10. The van der Waals surface area contributed by atoms with Crippen LogP contribution in [0.15, 0.2) is 90.1 Å². The molecule has 0 saturated heterocycles. The summed E-state index contributed by atoms with van der Waals surface area (Å²) in [5.41, 5.74) is 4.11. The molecule has 0 aliphatic carbocycles. The quantitative estimate of drug-likeness (QED) is 0.663. The van der Waals surface area contributed by atoms with E-state index in [0.717, 1.165) is 27.7 Å². The third-order valence-electron chi connectivity index (χ3n) is 3.93. The number of aromatic nitrogens is 1. The van der Waals surface area contributed by atoms with E-state index in [0.29, 0.717) is 5.57 Å². The minimum absolute atomic E-state index is 0.539. The lowest BCUT2D eigenvalue weighted by atomic mass is 10.0. The fourth-order valence-corrected chi connectivity index (χ4v) is 2.58. The van der Waals surface area contributed by atoms with E-state index in [-0.39, 0.29) is 0 Å². The van der Waals surface area contributed by atoms with Gasteiger partial charge in [-0.1, -0.05) is 61.2 Å². The van der Waals surface area contributed by atoms with E-state index in [1.807, 2.05) is 73.7 Å². The van der Waals surface area contributed by atoms with E-state index >= 15 is 0 Å². The molecule has 3 nitrogen and oxygen atoms in total. The Bertz CT molecular complexity index is 943. The van der Waals surface area contributed by atoms with Gasteiger partial charge in [0.1, 0.15) is 6.10 Å². The molecule has 0 radical (unpaired) electrons. The third-order valence-corrected chi connectivity index (χ3v) is 3.93. The summed E-state index contributed by atoms with van der Waals surface area (Å²) in [6.45, 7) is 5.78. The average Bonchev–Trinajstić information content (AvgIpc) is 2.67. The van der Waals surface area contributed by atoms with Crippen LogP contribution < -0.4 is 0 Å². The Morgan fingerprint density at radius 2 is 1.88 bits per heavy atom. The Kier molecular flexibility index (Phi) is 5.17. The molecule has 3 heteroatoms. The molecule has 0 saturated carbocycles. The van der Waals surface area contributed by atoms with Gasteiger partial charge in [0.25, 0.3) is 0 Å². The lowest BCUT2D eigenvalue weighted by Gasteiger charge is -2.12. The van der Waals surface area contributed by atoms with Crippen molar-refractivity contribution < 1.29 is 5.11 Å². The Labute approximate surface area is 147 Å². The highest BCUT2D eigenvalue weighted by molar-refractivity contribution is 5.84. The van der Waals surface area contributed by atoms with Gasteiger partial charge in [0.15, 0.2) is 0 Å². The number of hydrogen-bond donors (Lipinski definition) is 1. The van der Waals surface area contributed by atoms with Gasteiger partial charge in [-0.25, -0.2) is 4.98 Å². The number of nitrogens with zero attached hydrogens (tertiary/aromatic N) is 2. The standard InChI is InChI=1S/C22H20N2O/c1-3-13-23-15-16(2)22(25)19-10-9-18-11-12-20(24-21(18)14-19)17-7-5-4-6-8-17/h3-15,22,25H,2H2,1H3/b13-3-,23-15-. The van der Waals surface area contributed by atoms with Gasteiger partial charge < -0.3 is 5.11 Å². The topological polar surface area (TPSA) is 45.5 Å². The van der Waals surface area contributed by atoms with E-state index in [9.17, 15) is 5.11 Å². The third kappa shape index (κ3) is 3.90. The van der Waals surface area contributed by atoms with Crippen LogP contribution >= 0.6 is 0 Å². The van der Waals surface area contributed by atoms with Gasteiger partial charge in [-0.05, 0) is 30.2 Å². The van der Waals surface area contributed by atoms with Crippen LogP contribution in [0.2, 0.25) is 0 Å². The molecule has 0 spiro atoms. The molecule has 0 amide bonds. The van der Waals surface area contributed by atoms with E-state index in [1.165, 1.54) is 0 Å². The molecule has 3 rings (SSSR count). The summed E-state index contributed by atoms with van der Waals surface area (Å²) in [5, 5.41) is 11.5. The van der Waals surface area contributed by atoms with Crippen LogP contribution in [0.4, 0.5) is 0 Å². The smallest absolute Gasteiger partial charge is 0.105 e. The minimum atomic E-state index is -0.805. The Balaban J connectivity index is 1.94. The number of hydrogen-bond acceptors (Lipinski definition) is 3. The van der Waals surface area contributed by atoms with E-state index in [2.05, 4.69) is 11.6 Å². The number of aliphatic imine (C=N–C) groups is 1. The first-order valence-corrected chi connectivity index (χ1v) is 8.16. The molecule has 2 aromatic carbocycles. The van der Waals surface area contributed by atoms with Crippen molar-refractivity contribution in [3.05, 3.63) is 90.7 Å². The highest BCUT2D eigenvalue weighted by atomic mass is 16.3. The summed E-state index contributed by atoms with van der Waals surface area (Å²) >= 11 is 0. The first-order chi connectivity index (χ1) is 12.2. The molecule has 1 heterocycles. The summed E-state index contributed by atoms with van der Waals surface area (Å²) in [5.74, 6) is 0. The Morgan fingerprint density at radius 3 is 2.64 bits per heavy atom. The van der Waals surface area contributed by atoms with Crippen molar-refractivity contribution in [1.82, 2.24) is 4.98 Å². The van der Waals surface area contributed by atoms with Crippen LogP contribution in [-0.4, -0.2) is 16.3 Å². The van der Waals surface area contributed by atoms with Gasteiger partial charge in [0.05, 0.1) is 11.2 Å². The van der Waals surface area contributed by atoms with E-state index in [1.54, 1.807) is 12.4 Å². The first kappa shape index (κ1) is 16.8. The number of fused-ring (bicyclic) bond motifs is 1. The molecular weight excluding hydrogens is 308 g/mol. The molecule has 0 fully saturated rings. The van der Waals surface area contributed by atoms with Gasteiger partial charge in [-0.3, -0.25) is 4.99 Å². The maximum Gasteiger partial charge on any atom is 0.105 e. The summed E-state index contributed by atoms with van der Waals surface area (Å²) in [6.07, 6.45) is 4.25. The molecule has 1 unspecified atom stereocenters. The Morgan fingerprint density at radius 1 is 1.12 bits per heavy atom. The number of allylic oxidation sites excluding steroid dienone is 1. The van der Waals surface area contributed by atoms with E-state index in [4.69, 9.17) is 4.98 Å². The SMILES string of the molecule is C=C(/C=N\C=C/C)C(O)c1ccc2ccc(-c3ccccc3)nc2c1. The summed E-state index contributed by atoms with van der Waals surface area (Å²) < 4.78 is 0. The van der Waals surface area contributed by atoms with Crippen molar-refractivity contribution in [1.29, 1.82) is 0 Å². The van der Waals surface area contributed by atoms with Gasteiger partial charge in [0.2, 0.25) is 0 Å². The molecule has 25 heavy (non-hydrogen) atoms. The number of benzene rings is 2. The summed E-state index contributed by atoms with van der Waals surface area (Å²) in [7, 11) is 0. The number of rotatable bonds is 5. The van der Waals surface area contributed by atoms with Crippen molar-refractivity contribution in [3.8, 4) is 11.3 Å². The predicted molar refractivity (Wildman–Crippen MR) is 105 cm³/mol. The molecule has 0 aliphatic rings. The molecule has 124 valence electrons.